The second kappa shape index (κ2) is 11.2. The van der Waals surface area contributed by atoms with Gasteiger partial charge in [-0.1, -0.05) is 32.8 Å². The monoisotopic (exact) mass is 214 g/mol. The van der Waals surface area contributed by atoms with Crippen molar-refractivity contribution in [2.75, 3.05) is 18.5 Å². The Morgan fingerprint density at radius 1 is 0.929 bits per heavy atom. The van der Waals surface area contributed by atoms with Crippen LogP contribution in [-0.4, -0.2) is 18.5 Å². The fraction of sp³-hybridized carbons (Fsp3) is 0.846. The van der Waals surface area contributed by atoms with Crippen LogP contribution in [0.1, 0.15) is 52.4 Å². The summed E-state index contributed by atoms with van der Waals surface area (Å²) in [5.41, 5.74) is 0. The van der Waals surface area contributed by atoms with Crippen LogP contribution in [0.25, 0.3) is 0 Å². The summed E-state index contributed by atoms with van der Waals surface area (Å²) in [7, 11) is 0.368. The van der Waals surface area contributed by atoms with E-state index in [0.717, 1.165) is 0 Å². The summed E-state index contributed by atoms with van der Waals surface area (Å²) in [5, 5.41) is 0. The highest BCUT2D eigenvalue weighted by Crippen LogP contribution is 2.38. The molecule has 0 rings (SSSR count). The van der Waals surface area contributed by atoms with Crippen LogP contribution >= 0.6 is 7.92 Å². The zero-order valence-corrected chi connectivity index (χ0v) is 11.0. The first-order valence-corrected chi connectivity index (χ1v) is 8.08. The average Bonchev–Trinajstić information content (AvgIpc) is 2.21. The summed E-state index contributed by atoms with van der Waals surface area (Å²) >= 11 is 0. The third-order valence-electron chi connectivity index (χ3n) is 2.54. The third-order valence-corrected chi connectivity index (χ3v) is 5.38. The molecule has 0 aliphatic rings. The molecule has 0 saturated heterocycles. The molecule has 0 nitrogen and oxygen atoms in total. The van der Waals surface area contributed by atoms with Crippen LogP contribution in [0.15, 0.2) is 12.7 Å². The lowest BCUT2D eigenvalue weighted by Crippen LogP contribution is -1.95. The Labute approximate surface area is 91.9 Å². The first-order valence-electron chi connectivity index (χ1n) is 6.18. The topological polar surface area (TPSA) is 0 Å². The smallest absolute Gasteiger partial charge is 0.0323 e. The van der Waals surface area contributed by atoms with Crippen LogP contribution in [0.2, 0.25) is 0 Å². The van der Waals surface area contributed by atoms with Gasteiger partial charge in [0.2, 0.25) is 0 Å². The van der Waals surface area contributed by atoms with Gasteiger partial charge in [-0.3, -0.25) is 0 Å². The fourth-order valence-corrected chi connectivity index (χ4v) is 4.39. The molecule has 84 valence electrons. The lowest BCUT2D eigenvalue weighted by molar-refractivity contribution is 0.858. The molecule has 0 spiro atoms. The molecule has 0 unspecified atom stereocenters. The Kier molecular flexibility index (Phi) is 11.4. The number of rotatable bonds is 10. The fourth-order valence-electron chi connectivity index (χ4n) is 1.56. The van der Waals surface area contributed by atoms with Crippen LogP contribution in [0.4, 0.5) is 0 Å². The molecule has 1 heteroatoms. The van der Waals surface area contributed by atoms with Gasteiger partial charge in [-0.15, -0.1) is 14.5 Å². The van der Waals surface area contributed by atoms with Crippen molar-refractivity contribution in [3.63, 3.8) is 0 Å². The molecule has 0 atom stereocenters. The first kappa shape index (κ1) is 14.2. The van der Waals surface area contributed by atoms with E-state index in [2.05, 4.69) is 26.5 Å². The van der Waals surface area contributed by atoms with E-state index in [1.807, 2.05) is 0 Å². The molecule has 0 aliphatic carbocycles. The number of hydrogen-bond donors (Lipinski definition) is 0. The minimum absolute atomic E-state index is 0.368. The molecule has 0 heterocycles. The second-order valence-corrected chi connectivity index (χ2v) is 6.66. The molecule has 0 aliphatic heterocycles. The molecule has 0 saturated carbocycles. The predicted octanol–water partition coefficient (Wildman–Crippen LogP) is 5.03. The maximum absolute atomic E-state index is 3.79. The van der Waals surface area contributed by atoms with Gasteiger partial charge in [0.15, 0.2) is 0 Å². The zero-order valence-electron chi connectivity index (χ0n) is 10.1. The minimum atomic E-state index is 0.368. The zero-order chi connectivity index (χ0) is 10.6. The molecule has 0 bridgehead atoms. The summed E-state index contributed by atoms with van der Waals surface area (Å²) in [6.45, 7) is 8.39. The van der Waals surface area contributed by atoms with E-state index in [-0.39, 0.29) is 0 Å². The Bertz CT molecular complexity index is 112. The van der Waals surface area contributed by atoms with Crippen LogP contribution < -0.4 is 0 Å². The summed E-state index contributed by atoms with van der Waals surface area (Å²) in [6.07, 6.45) is 14.8. The second-order valence-electron chi connectivity index (χ2n) is 3.98. The molecular weight excluding hydrogens is 187 g/mol. The van der Waals surface area contributed by atoms with Gasteiger partial charge >= 0.3 is 0 Å². The Morgan fingerprint density at radius 3 is 1.86 bits per heavy atom. The van der Waals surface area contributed by atoms with E-state index in [1.165, 1.54) is 57.0 Å². The standard InChI is InChI=1S/C13H27P/c1-4-7-10-13-14(11-8-5-2)12-9-6-3/h4H,1,5-13H2,2-3H3. The van der Waals surface area contributed by atoms with E-state index in [9.17, 15) is 0 Å². The number of allylic oxidation sites excluding steroid dienone is 1. The van der Waals surface area contributed by atoms with Crippen molar-refractivity contribution < 1.29 is 0 Å². The van der Waals surface area contributed by atoms with E-state index in [0.29, 0.717) is 7.92 Å². The Balaban J connectivity index is 3.54. The molecule has 0 radical (unpaired) electrons. The largest absolute Gasteiger partial charge is 0.107 e. The van der Waals surface area contributed by atoms with E-state index in [1.54, 1.807) is 0 Å². The molecule has 0 aromatic carbocycles. The molecule has 0 fully saturated rings. The number of hydrogen-bond acceptors (Lipinski definition) is 0. The quantitative estimate of drug-likeness (QED) is 0.272. The highest BCUT2D eigenvalue weighted by molar-refractivity contribution is 7.57. The summed E-state index contributed by atoms with van der Waals surface area (Å²) < 4.78 is 0. The molecule has 14 heavy (non-hydrogen) atoms. The van der Waals surface area contributed by atoms with Gasteiger partial charge in [0.25, 0.3) is 0 Å². The van der Waals surface area contributed by atoms with Gasteiger partial charge in [-0.05, 0) is 44.2 Å². The molecule has 0 aromatic rings. The molecule has 0 aromatic heterocycles. The van der Waals surface area contributed by atoms with E-state index >= 15 is 0 Å². The van der Waals surface area contributed by atoms with Gasteiger partial charge in [-0.25, -0.2) is 0 Å². The highest BCUT2D eigenvalue weighted by Gasteiger charge is 2.05. The Hall–Kier alpha value is 0.170. The van der Waals surface area contributed by atoms with Gasteiger partial charge in [0, 0.05) is 0 Å². The normalized spacial score (nSPS) is 10.8. The minimum Gasteiger partial charge on any atom is -0.107 e. The van der Waals surface area contributed by atoms with Crippen molar-refractivity contribution in [1.82, 2.24) is 0 Å². The van der Waals surface area contributed by atoms with Gasteiger partial charge < -0.3 is 0 Å². The predicted molar refractivity (Wildman–Crippen MR) is 70.8 cm³/mol. The maximum Gasteiger partial charge on any atom is -0.0323 e. The molecule has 0 amide bonds. The van der Waals surface area contributed by atoms with Gasteiger partial charge in [0.1, 0.15) is 0 Å². The van der Waals surface area contributed by atoms with Crippen molar-refractivity contribution in [3.8, 4) is 0 Å². The Morgan fingerprint density at radius 2 is 1.43 bits per heavy atom. The van der Waals surface area contributed by atoms with Crippen LogP contribution in [0.3, 0.4) is 0 Å². The summed E-state index contributed by atoms with van der Waals surface area (Å²) in [6, 6.07) is 0. The van der Waals surface area contributed by atoms with Crippen molar-refractivity contribution >= 4 is 7.92 Å². The highest BCUT2D eigenvalue weighted by atomic mass is 31.1. The summed E-state index contributed by atoms with van der Waals surface area (Å²) in [4.78, 5) is 0. The van der Waals surface area contributed by atoms with E-state index in [4.69, 9.17) is 0 Å². The van der Waals surface area contributed by atoms with Crippen molar-refractivity contribution in [3.05, 3.63) is 12.7 Å². The van der Waals surface area contributed by atoms with E-state index < -0.39 is 0 Å². The maximum atomic E-state index is 3.79. The molecule has 0 N–H and O–H groups in total. The van der Waals surface area contributed by atoms with Crippen LogP contribution in [0.5, 0.6) is 0 Å². The summed E-state index contributed by atoms with van der Waals surface area (Å²) in [5.74, 6) is 0. The van der Waals surface area contributed by atoms with Crippen LogP contribution in [0, 0.1) is 0 Å². The lowest BCUT2D eigenvalue weighted by atomic mass is 10.3. The van der Waals surface area contributed by atoms with Gasteiger partial charge in [-0.2, -0.15) is 0 Å². The number of unbranched alkanes of at least 4 members (excludes halogenated alkanes) is 3. The van der Waals surface area contributed by atoms with Crippen molar-refractivity contribution in [2.24, 2.45) is 0 Å². The SMILES string of the molecule is C=CCCCP(CCCC)CCCC. The van der Waals surface area contributed by atoms with Crippen molar-refractivity contribution in [2.45, 2.75) is 52.4 Å². The van der Waals surface area contributed by atoms with Gasteiger partial charge in [0.05, 0.1) is 0 Å². The van der Waals surface area contributed by atoms with Crippen LogP contribution in [-0.2, 0) is 0 Å². The average molecular weight is 214 g/mol. The lowest BCUT2D eigenvalue weighted by Gasteiger charge is -2.16. The third kappa shape index (κ3) is 8.75. The molecular formula is C13H27P. The first-order chi connectivity index (χ1) is 6.85. The van der Waals surface area contributed by atoms with Crippen molar-refractivity contribution in [1.29, 1.82) is 0 Å².